The van der Waals surface area contributed by atoms with Gasteiger partial charge in [-0.25, -0.2) is 0 Å². The van der Waals surface area contributed by atoms with Crippen molar-refractivity contribution in [2.75, 3.05) is 59.0 Å². The fourth-order valence-electron chi connectivity index (χ4n) is 4.97. The fraction of sp³-hybridized carbons (Fsp3) is 0.950. The van der Waals surface area contributed by atoms with Crippen molar-refractivity contribution in [3.8, 4) is 0 Å². The number of rotatable bonds is 5. The Bertz CT molecular complexity index is 437. The molecule has 25 heavy (non-hydrogen) atoms. The molecule has 3 heterocycles. The molecule has 144 valence electrons. The molecule has 1 N–H and O–H groups in total. The Kier molecular flexibility index (Phi) is 6.61. The summed E-state index contributed by atoms with van der Waals surface area (Å²) in [6, 6.07) is 0. The first-order chi connectivity index (χ1) is 12.1. The second kappa shape index (κ2) is 8.72. The molecule has 0 aliphatic carbocycles. The van der Waals surface area contributed by atoms with Crippen LogP contribution in [0.25, 0.3) is 0 Å². The molecule has 3 atom stereocenters. The molecule has 5 heteroatoms. The third-order valence-electron chi connectivity index (χ3n) is 6.10. The molecule has 0 radical (unpaired) electrons. The van der Waals surface area contributed by atoms with Gasteiger partial charge in [0, 0.05) is 51.3 Å². The normalized spacial score (nSPS) is 34.2. The maximum atomic E-state index is 5.66. The summed E-state index contributed by atoms with van der Waals surface area (Å²) in [7, 11) is 0. The number of ether oxygens (including phenoxy) is 1. The van der Waals surface area contributed by atoms with Crippen LogP contribution in [0.5, 0.6) is 0 Å². The molecule has 5 nitrogen and oxygen atoms in total. The average Bonchev–Trinajstić information content (AvgIpc) is 3.20. The Morgan fingerprint density at radius 3 is 2.72 bits per heavy atom. The Morgan fingerprint density at radius 2 is 2.04 bits per heavy atom. The SMILES string of the molecule is CCNC(=NCCCN1CC(C)CC(C)C1)N1CCC2(CCOC2)C1. The van der Waals surface area contributed by atoms with Gasteiger partial charge in [0.15, 0.2) is 5.96 Å². The molecular formula is C20H38N4O. The zero-order chi connectivity index (χ0) is 17.7. The lowest BCUT2D eigenvalue weighted by Gasteiger charge is -2.34. The molecule has 3 rings (SSSR count). The minimum Gasteiger partial charge on any atom is -0.381 e. The maximum Gasteiger partial charge on any atom is 0.193 e. The van der Waals surface area contributed by atoms with Crippen molar-refractivity contribution in [3.05, 3.63) is 0 Å². The number of nitrogens with one attached hydrogen (secondary N) is 1. The summed E-state index contributed by atoms with van der Waals surface area (Å²) in [4.78, 5) is 10.0. The number of hydrogen-bond donors (Lipinski definition) is 1. The highest BCUT2D eigenvalue weighted by Crippen LogP contribution is 2.38. The van der Waals surface area contributed by atoms with E-state index in [1.807, 2.05) is 0 Å². The van der Waals surface area contributed by atoms with E-state index in [4.69, 9.17) is 9.73 Å². The predicted octanol–water partition coefficient (Wildman–Crippen LogP) is 2.43. The molecule has 3 aliphatic rings. The van der Waals surface area contributed by atoms with Gasteiger partial charge in [0.25, 0.3) is 0 Å². The number of likely N-dealkylation sites (tertiary alicyclic amines) is 2. The van der Waals surface area contributed by atoms with Crippen molar-refractivity contribution in [3.63, 3.8) is 0 Å². The summed E-state index contributed by atoms with van der Waals surface area (Å²) in [5.74, 6) is 2.81. The van der Waals surface area contributed by atoms with Crippen LogP contribution in [0.1, 0.15) is 46.5 Å². The number of aliphatic imine (C=N–C) groups is 1. The third kappa shape index (κ3) is 5.10. The van der Waals surface area contributed by atoms with E-state index < -0.39 is 0 Å². The van der Waals surface area contributed by atoms with Crippen molar-refractivity contribution in [2.24, 2.45) is 22.2 Å². The predicted molar refractivity (Wildman–Crippen MR) is 104 cm³/mol. The van der Waals surface area contributed by atoms with Gasteiger partial charge in [-0.05, 0) is 51.0 Å². The van der Waals surface area contributed by atoms with Crippen LogP contribution in [-0.2, 0) is 4.74 Å². The van der Waals surface area contributed by atoms with Crippen molar-refractivity contribution in [1.29, 1.82) is 0 Å². The lowest BCUT2D eigenvalue weighted by molar-refractivity contribution is 0.140. The van der Waals surface area contributed by atoms with Gasteiger partial charge in [-0.2, -0.15) is 0 Å². The number of hydrogen-bond acceptors (Lipinski definition) is 3. The van der Waals surface area contributed by atoms with Gasteiger partial charge in [0.05, 0.1) is 6.61 Å². The Labute approximate surface area is 154 Å². The monoisotopic (exact) mass is 350 g/mol. The molecule has 0 aromatic heterocycles. The van der Waals surface area contributed by atoms with E-state index in [1.165, 1.54) is 38.9 Å². The molecule has 0 amide bonds. The molecule has 3 fully saturated rings. The van der Waals surface area contributed by atoms with E-state index >= 15 is 0 Å². The van der Waals surface area contributed by atoms with Gasteiger partial charge >= 0.3 is 0 Å². The minimum atomic E-state index is 0.399. The summed E-state index contributed by atoms with van der Waals surface area (Å²) >= 11 is 0. The first kappa shape index (κ1) is 19.0. The Balaban J connectivity index is 1.46. The van der Waals surface area contributed by atoms with Gasteiger partial charge in [0.1, 0.15) is 0 Å². The molecule has 0 saturated carbocycles. The van der Waals surface area contributed by atoms with E-state index in [0.29, 0.717) is 5.41 Å². The standard InChI is InChI=1S/C20H38N4O/c1-4-21-19(24-10-6-20(15-24)7-11-25-16-20)22-8-5-9-23-13-17(2)12-18(3)14-23/h17-18H,4-16H2,1-3H3,(H,21,22). The van der Waals surface area contributed by atoms with Crippen LogP contribution in [0.2, 0.25) is 0 Å². The molecule has 0 bridgehead atoms. The lowest BCUT2D eigenvalue weighted by atomic mass is 9.87. The van der Waals surface area contributed by atoms with Crippen LogP contribution >= 0.6 is 0 Å². The summed E-state index contributed by atoms with van der Waals surface area (Å²) < 4.78 is 5.66. The smallest absolute Gasteiger partial charge is 0.193 e. The van der Waals surface area contributed by atoms with Gasteiger partial charge in [-0.1, -0.05) is 13.8 Å². The first-order valence-corrected chi connectivity index (χ1v) is 10.4. The summed E-state index contributed by atoms with van der Waals surface area (Å²) in [5.41, 5.74) is 0.399. The van der Waals surface area contributed by atoms with Gasteiger partial charge in [-0.15, -0.1) is 0 Å². The Hall–Kier alpha value is -0.810. The highest BCUT2D eigenvalue weighted by atomic mass is 16.5. The second-order valence-electron chi connectivity index (χ2n) is 8.77. The number of piperidine rings is 1. The molecule has 0 aromatic carbocycles. The molecule has 0 aromatic rings. The van der Waals surface area contributed by atoms with E-state index in [-0.39, 0.29) is 0 Å². The van der Waals surface area contributed by atoms with Crippen LogP contribution in [0.4, 0.5) is 0 Å². The van der Waals surface area contributed by atoms with Crippen LogP contribution in [0, 0.1) is 17.3 Å². The van der Waals surface area contributed by atoms with Gasteiger partial charge in [0.2, 0.25) is 0 Å². The zero-order valence-corrected chi connectivity index (χ0v) is 16.6. The second-order valence-corrected chi connectivity index (χ2v) is 8.77. The van der Waals surface area contributed by atoms with Crippen LogP contribution in [-0.4, -0.2) is 74.8 Å². The van der Waals surface area contributed by atoms with E-state index in [0.717, 1.165) is 63.6 Å². The highest BCUT2D eigenvalue weighted by Gasteiger charge is 2.42. The Morgan fingerprint density at radius 1 is 1.24 bits per heavy atom. The van der Waals surface area contributed by atoms with Gasteiger partial charge in [-0.3, -0.25) is 4.99 Å². The third-order valence-corrected chi connectivity index (χ3v) is 6.10. The molecule has 3 unspecified atom stereocenters. The van der Waals surface area contributed by atoms with E-state index in [1.54, 1.807) is 0 Å². The molecule has 3 saturated heterocycles. The minimum absolute atomic E-state index is 0.399. The fourth-order valence-corrected chi connectivity index (χ4v) is 4.97. The summed E-state index contributed by atoms with van der Waals surface area (Å²) in [6.07, 6.45) is 5.02. The highest BCUT2D eigenvalue weighted by molar-refractivity contribution is 5.80. The number of nitrogens with zero attached hydrogens (tertiary/aromatic N) is 3. The van der Waals surface area contributed by atoms with Crippen LogP contribution < -0.4 is 5.32 Å². The van der Waals surface area contributed by atoms with Crippen molar-refractivity contribution < 1.29 is 4.74 Å². The number of guanidine groups is 1. The quantitative estimate of drug-likeness (QED) is 0.470. The van der Waals surface area contributed by atoms with Crippen molar-refractivity contribution in [1.82, 2.24) is 15.1 Å². The van der Waals surface area contributed by atoms with Crippen LogP contribution in [0.15, 0.2) is 4.99 Å². The largest absolute Gasteiger partial charge is 0.381 e. The average molecular weight is 351 g/mol. The molecular weight excluding hydrogens is 312 g/mol. The molecule has 1 spiro atoms. The zero-order valence-electron chi connectivity index (χ0n) is 16.6. The van der Waals surface area contributed by atoms with Crippen LogP contribution in [0.3, 0.4) is 0 Å². The topological polar surface area (TPSA) is 40.1 Å². The first-order valence-electron chi connectivity index (χ1n) is 10.4. The van der Waals surface area contributed by atoms with E-state index in [9.17, 15) is 0 Å². The van der Waals surface area contributed by atoms with E-state index in [2.05, 4.69) is 35.9 Å². The van der Waals surface area contributed by atoms with Gasteiger partial charge < -0.3 is 19.9 Å². The summed E-state index contributed by atoms with van der Waals surface area (Å²) in [6.45, 7) is 16.7. The lowest BCUT2D eigenvalue weighted by Crippen LogP contribution is -2.42. The summed E-state index contributed by atoms with van der Waals surface area (Å²) in [5, 5.41) is 3.50. The molecule has 3 aliphatic heterocycles. The van der Waals surface area contributed by atoms with Crippen molar-refractivity contribution >= 4 is 5.96 Å². The van der Waals surface area contributed by atoms with Crippen molar-refractivity contribution in [2.45, 2.75) is 46.5 Å². The maximum absolute atomic E-state index is 5.66.